The molecule has 0 saturated carbocycles. The minimum absolute atomic E-state index is 0.0128. The van der Waals surface area contributed by atoms with Gasteiger partial charge >= 0.3 is 11.9 Å². The van der Waals surface area contributed by atoms with Gasteiger partial charge in [-0.15, -0.1) is 0 Å². The summed E-state index contributed by atoms with van der Waals surface area (Å²) in [5, 5.41) is 81.4. The van der Waals surface area contributed by atoms with Gasteiger partial charge in [0.15, 0.2) is 0 Å². The van der Waals surface area contributed by atoms with Crippen LogP contribution in [-0.2, 0) is 83.1 Å². The number of nitrogens with one attached hydrogen (secondary N) is 12. The number of nitrogens with two attached hydrogens (primary N) is 5. The number of benzene rings is 1. The fourth-order valence-electron chi connectivity index (χ4n) is 11.7. The molecular weight excluding hydrogens is 1460 g/mol. The lowest BCUT2D eigenvalue weighted by Gasteiger charge is -2.30. The van der Waals surface area contributed by atoms with E-state index in [9.17, 15) is 102 Å². The lowest BCUT2D eigenvalue weighted by atomic mass is 9.99. The lowest BCUT2D eigenvalue weighted by Crippen LogP contribution is -2.63. The van der Waals surface area contributed by atoms with E-state index in [0.29, 0.717) is 24.8 Å². The van der Waals surface area contributed by atoms with Crippen molar-refractivity contribution >= 4 is 94.6 Å². The standard InChI is InChI=1S/C74H127N17O21/c1-37(2)31-46(77)62(99)85-56(36-44-19-21-45(94)22-20-44)69(106)83-49(24-27-58(79)96)65(102)81-50(25-28-59(97)98)66(103)86-52(32-38(3)4)67(104)82-48(23-26-57(78)95)64(101)80-47(17-13-15-29-75)63(100)87-54(34-40(7)8)70(107)90-61(43(12)93)73(110)89-55(35-41(9)10)71(108)91-60(42(11)92)72(109)88-53(33-39(5)6)68(105)84-51(74(111)112)18-14-16-30-76/h19-22,37-43,46-56,60-61,92-94H,13-18,23-36,75-77H2,1-12H3,(H2,78,95)(H2,79,96)(H,80,101)(H,81,102)(H,82,104)(H,83,106)(H,84,105)(H,85,99)(H,86,103)(H,87,100)(H,88,109)(H,89,110)(H,90,107)(H,91,108)(H,97,98)(H,111,112)/t42-,43-,46+,47+,48+,49+,50+,51+,52+,53+,54+,55+,56+,60+,61+/m1/s1. The maximum atomic E-state index is 14.6. The number of carboxylic acid groups (broad SMARTS) is 2. The molecule has 0 bridgehead atoms. The van der Waals surface area contributed by atoms with Crippen LogP contribution in [0.2, 0.25) is 0 Å². The Morgan fingerprint density at radius 1 is 0.330 bits per heavy atom. The third-order valence-electron chi connectivity index (χ3n) is 17.6. The first kappa shape index (κ1) is 100. The molecule has 0 saturated heterocycles. The minimum Gasteiger partial charge on any atom is -0.508 e. The van der Waals surface area contributed by atoms with E-state index in [1.165, 1.54) is 31.2 Å². The van der Waals surface area contributed by atoms with E-state index in [0.717, 1.165) is 6.92 Å². The Bertz CT molecular complexity index is 3270. The van der Waals surface area contributed by atoms with Crippen molar-refractivity contribution in [3.63, 3.8) is 0 Å². The molecule has 0 fully saturated rings. The second-order valence-electron chi connectivity index (χ2n) is 30.5. The van der Waals surface area contributed by atoms with Crippen molar-refractivity contribution in [1.82, 2.24) is 63.8 Å². The number of amides is 14. The number of aliphatic hydroxyl groups is 2. The summed E-state index contributed by atoms with van der Waals surface area (Å²) < 4.78 is 0. The molecule has 1 rings (SSSR count). The predicted molar refractivity (Wildman–Crippen MR) is 411 cm³/mol. The topological polar surface area (TPSA) is 649 Å². The monoisotopic (exact) mass is 1590 g/mol. The second kappa shape index (κ2) is 51.8. The number of phenols is 1. The van der Waals surface area contributed by atoms with Crippen molar-refractivity contribution in [2.45, 2.75) is 289 Å². The number of aliphatic carboxylic acids is 2. The van der Waals surface area contributed by atoms with Crippen molar-refractivity contribution in [3.05, 3.63) is 29.8 Å². The van der Waals surface area contributed by atoms with Gasteiger partial charge in [0, 0.05) is 25.7 Å². The van der Waals surface area contributed by atoms with E-state index in [-0.39, 0.29) is 100 Å². The molecule has 0 spiro atoms. The highest BCUT2D eigenvalue weighted by atomic mass is 16.4. The molecule has 0 unspecified atom stereocenters. The predicted octanol–water partition coefficient (Wildman–Crippen LogP) is -3.19. The molecule has 38 nitrogen and oxygen atoms in total. The first-order valence-electron chi connectivity index (χ1n) is 38.3. The Kier molecular flexibility index (Phi) is 46.4. The number of aromatic hydroxyl groups is 1. The van der Waals surface area contributed by atoms with Crippen LogP contribution in [0.3, 0.4) is 0 Å². The van der Waals surface area contributed by atoms with Gasteiger partial charge in [-0.25, -0.2) is 4.79 Å². The molecule has 1 aromatic rings. The maximum Gasteiger partial charge on any atom is 0.326 e. The maximum absolute atomic E-state index is 14.6. The summed E-state index contributed by atoms with van der Waals surface area (Å²) in [4.78, 5) is 219. The van der Waals surface area contributed by atoms with Gasteiger partial charge in [0.05, 0.1) is 18.2 Å². The summed E-state index contributed by atoms with van der Waals surface area (Å²) >= 11 is 0. The Labute approximate surface area is 654 Å². The molecule has 1 aromatic carbocycles. The number of rotatable bonds is 56. The van der Waals surface area contributed by atoms with E-state index in [1.54, 1.807) is 55.4 Å². The van der Waals surface area contributed by atoms with Gasteiger partial charge in [-0.2, -0.15) is 0 Å². The van der Waals surface area contributed by atoms with Crippen molar-refractivity contribution in [1.29, 1.82) is 0 Å². The van der Waals surface area contributed by atoms with Gasteiger partial charge in [-0.1, -0.05) is 81.4 Å². The average molecular weight is 1590 g/mol. The number of phenolic OH excluding ortho intramolecular Hbond substituents is 1. The third-order valence-corrected chi connectivity index (χ3v) is 17.6. The second-order valence-corrected chi connectivity index (χ2v) is 30.5. The summed E-state index contributed by atoms with van der Waals surface area (Å²) in [7, 11) is 0. The first-order valence-corrected chi connectivity index (χ1v) is 38.3. The summed E-state index contributed by atoms with van der Waals surface area (Å²) in [5.74, 6) is -18.2. The fourth-order valence-corrected chi connectivity index (χ4v) is 11.7. The highest BCUT2D eigenvalue weighted by Crippen LogP contribution is 2.18. The van der Waals surface area contributed by atoms with Gasteiger partial charge in [0.1, 0.15) is 78.3 Å². The van der Waals surface area contributed by atoms with Gasteiger partial charge < -0.3 is 118 Å². The lowest BCUT2D eigenvalue weighted by molar-refractivity contribution is -0.143. The molecule has 0 heterocycles. The third kappa shape index (κ3) is 40.0. The number of aliphatic hydroxyl groups excluding tert-OH is 2. The Morgan fingerprint density at radius 3 is 0.902 bits per heavy atom. The number of carboxylic acids is 2. The summed E-state index contributed by atoms with van der Waals surface area (Å²) in [6, 6.07) is -14.5. The van der Waals surface area contributed by atoms with Crippen LogP contribution in [0.1, 0.15) is 198 Å². The van der Waals surface area contributed by atoms with E-state index in [4.69, 9.17) is 28.7 Å². The number of carbonyl (C=O) groups is 16. The fraction of sp³-hybridized carbons (Fsp3) is 0.703. The SMILES string of the molecule is CC(C)C[C@H](NC(=O)[C@H](CCC(=O)O)NC(=O)[C@H](CCC(N)=O)NC(=O)[C@H](Cc1ccc(O)cc1)NC(=O)[C@@H](N)CC(C)C)C(=O)N[C@@H](CCC(N)=O)C(=O)N[C@@H](CCCCN)C(=O)N[C@@H](CC(C)C)C(=O)N[C@H](C(=O)N[C@@H](CC(C)C)C(=O)N[C@H](C(=O)N[C@@H](CC(C)C)C(=O)N[C@@H](CCCCN)C(=O)O)[C@@H](C)O)[C@@H](C)O. The molecule has 15 atom stereocenters. The van der Waals surface area contributed by atoms with Crippen LogP contribution < -0.4 is 92.5 Å². The molecule has 27 N–H and O–H groups in total. The molecule has 0 aliphatic rings. The van der Waals surface area contributed by atoms with E-state index >= 15 is 0 Å². The van der Waals surface area contributed by atoms with Crippen LogP contribution in [0.25, 0.3) is 0 Å². The molecule has 112 heavy (non-hydrogen) atoms. The average Bonchev–Trinajstić information content (AvgIpc) is 0.853. The highest BCUT2D eigenvalue weighted by Gasteiger charge is 2.40. The number of carbonyl (C=O) groups excluding carboxylic acids is 14. The van der Waals surface area contributed by atoms with Crippen LogP contribution in [0.15, 0.2) is 24.3 Å². The Balaban J connectivity index is 3.72. The molecular formula is C74H127N17O21. The Morgan fingerprint density at radius 2 is 0.598 bits per heavy atom. The highest BCUT2D eigenvalue weighted by molar-refractivity contribution is 6.00. The van der Waals surface area contributed by atoms with E-state index < -0.39 is 230 Å². The normalized spacial score (nSPS) is 15.4. The quantitative estimate of drug-likeness (QED) is 0.0286. The van der Waals surface area contributed by atoms with Gasteiger partial charge in [0.25, 0.3) is 0 Å². The molecule has 0 radical (unpaired) electrons. The van der Waals surface area contributed by atoms with Gasteiger partial charge in [-0.3, -0.25) is 71.9 Å². The van der Waals surface area contributed by atoms with Crippen LogP contribution in [-0.4, -0.2) is 224 Å². The van der Waals surface area contributed by atoms with Crippen LogP contribution in [0, 0.1) is 29.6 Å². The minimum atomic E-state index is -1.84. The molecule has 0 aliphatic heterocycles. The van der Waals surface area contributed by atoms with Gasteiger partial charge in [0.2, 0.25) is 82.7 Å². The van der Waals surface area contributed by atoms with Crippen LogP contribution >= 0.6 is 0 Å². The smallest absolute Gasteiger partial charge is 0.326 e. The number of unbranched alkanes of at least 4 members (excludes halogenated alkanes) is 2. The zero-order valence-corrected chi connectivity index (χ0v) is 66.7. The Hall–Kier alpha value is -9.66. The van der Waals surface area contributed by atoms with E-state index in [2.05, 4.69) is 63.8 Å². The van der Waals surface area contributed by atoms with Crippen molar-refractivity contribution in [2.75, 3.05) is 13.1 Å². The van der Waals surface area contributed by atoms with Gasteiger partial charge in [-0.05, 0) is 164 Å². The zero-order chi connectivity index (χ0) is 85.4. The first-order chi connectivity index (χ1) is 52.3. The van der Waals surface area contributed by atoms with Crippen LogP contribution in [0.5, 0.6) is 5.75 Å². The number of primary amides is 2. The van der Waals surface area contributed by atoms with Crippen molar-refractivity contribution < 1.29 is 102 Å². The zero-order valence-electron chi connectivity index (χ0n) is 66.7. The summed E-state index contributed by atoms with van der Waals surface area (Å²) in [6.45, 7) is 20.0. The molecule has 38 heteroatoms. The molecule has 634 valence electrons. The molecule has 0 aromatic heterocycles. The molecule has 0 aliphatic carbocycles. The summed E-state index contributed by atoms with van der Waals surface area (Å²) in [6.07, 6.45) is -5.87. The summed E-state index contributed by atoms with van der Waals surface area (Å²) in [5.41, 5.74) is 29.0. The van der Waals surface area contributed by atoms with Crippen LogP contribution in [0.4, 0.5) is 0 Å². The largest absolute Gasteiger partial charge is 0.508 e. The van der Waals surface area contributed by atoms with Crippen molar-refractivity contribution in [2.24, 2.45) is 58.3 Å². The number of hydrogen-bond acceptors (Lipinski definition) is 22. The molecule has 14 amide bonds. The van der Waals surface area contributed by atoms with Crippen molar-refractivity contribution in [3.8, 4) is 5.75 Å². The van der Waals surface area contributed by atoms with E-state index in [1.807, 2.05) is 13.8 Å². The number of hydrogen-bond donors (Lipinski definition) is 22.